The van der Waals surface area contributed by atoms with Gasteiger partial charge in [-0.3, -0.25) is 0 Å². The Bertz CT molecular complexity index is 459. The molecule has 0 saturated carbocycles. The summed E-state index contributed by atoms with van der Waals surface area (Å²) < 4.78 is 12.7. The van der Waals surface area contributed by atoms with Gasteiger partial charge in [0.05, 0.1) is 6.61 Å². The van der Waals surface area contributed by atoms with Crippen LogP contribution in [0.1, 0.15) is 9.75 Å². The first-order valence-electron chi connectivity index (χ1n) is 4.67. The molecule has 0 radical (unpaired) electrons. The van der Waals surface area contributed by atoms with E-state index in [1.54, 1.807) is 23.5 Å². The lowest BCUT2D eigenvalue weighted by Crippen LogP contribution is -1.82. The van der Waals surface area contributed by atoms with Gasteiger partial charge in [-0.2, -0.15) is 0 Å². The lowest BCUT2D eigenvalue weighted by atomic mass is 10.1. The molecule has 0 fully saturated rings. The van der Waals surface area contributed by atoms with Crippen molar-refractivity contribution in [2.24, 2.45) is 0 Å². The minimum atomic E-state index is -0.240. The Labute approximate surface area is 91.8 Å². The van der Waals surface area contributed by atoms with E-state index in [0.29, 0.717) is 0 Å². The summed E-state index contributed by atoms with van der Waals surface area (Å²) in [7, 11) is 0. The molecule has 0 bridgehead atoms. The summed E-state index contributed by atoms with van der Waals surface area (Å²) in [6, 6.07) is 8.35. The average Bonchev–Trinajstić information content (AvgIpc) is 2.61. The number of rotatable bonds is 2. The summed E-state index contributed by atoms with van der Waals surface area (Å²) in [5.41, 5.74) is 1.95. The topological polar surface area (TPSA) is 20.2 Å². The van der Waals surface area contributed by atoms with Gasteiger partial charge in [0.15, 0.2) is 0 Å². The van der Waals surface area contributed by atoms with Crippen molar-refractivity contribution in [3.63, 3.8) is 0 Å². The van der Waals surface area contributed by atoms with Crippen LogP contribution in [-0.2, 0) is 6.61 Å². The van der Waals surface area contributed by atoms with E-state index >= 15 is 0 Å². The van der Waals surface area contributed by atoms with E-state index in [2.05, 4.69) is 0 Å². The maximum atomic E-state index is 12.7. The van der Waals surface area contributed by atoms with E-state index in [1.807, 2.05) is 13.0 Å². The van der Waals surface area contributed by atoms with Crippen LogP contribution in [0.25, 0.3) is 11.1 Å². The van der Waals surface area contributed by atoms with E-state index in [-0.39, 0.29) is 12.4 Å². The van der Waals surface area contributed by atoms with Gasteiger partial charge < -0.3 is 5.11 Å². The molecular formula is C12H11FOS. The molecule has 1 N–H and O–H groups in total. The van der Waals surface area contributed by atoms with Gasteiger partial charge in [-0.15, -0.1) is 11.3 Å². The van der Waals surface area contributed by atoms with Crippen molar-refractivity contribution in [2.75, 3.05) is 0 Å². The third-order valence-corrected chi connectivity index (χ3v) is 3.27. The lowest BCUT2D eigenvalue weighted by Gasteiger charge is -2.00. The Morgan fingerprint density at radius 2 is 1.93 bits per heavy atom. The maximum absolute atomic E-state index is 12.7. The summed E-state index contributed by atoms with van der Waals surface area (Å²) >= 11 is 1.57. The molecule has 1 heterocycles. The third kappa shape index (κ3) is 2.08. The van der Waals surface area contributed by atoms with E-state index in [4.69, 9.17) is 0 Å². The second-order valence-corrected chi connectivity index (χ2v) is 4.70. The molecule has 2 aromatic rings. The van der Waals surface area contributed by atoms with Crippen LogP contribution < -0.4 is 0 Å². The molecular weight excluding hydrogens is 211 g/mol. The predicted octanol–water partition coefficient (Wildman–Crippen LogP) is 3.35. The quantitative estimate of drug-likeness (QED) is 0.826. The second-order valence-electron chi connectivity index (χ2n) is 3.36. The molecule has 2 rings (SSSR count). The number of hydrogen-bond acceptors (Lipinski definition) is 2. The Morgan fingerprint density at radius 1 is 1.27 bits per heavy atom. The van der Waals surface area contributed by atoms with Crippen molar-refractivity contribution in [1.82, 2.24) is 0 Å². The first-order chi connectivity index (χ1) is 7.20. The van der Waals surface area contributed by atoms with Gasteiger partial charge in [0.25, 0.3) is 0 Å². The number of halogens is 1. The Balaban J connectivity index is 2.48. The fraction of sp³-hybridized carbons (Fsp3) is 0.167. The van der Waals surface area contributed by atoms with Gasteiger partial charge in [0, 0.05) is 9.75 Å². The molecule has 3 heteroatoms. The summed E-state index contributed by atoms with van der Waals surface area (Å²) in [6.45, 7) is 2.03. The fourth-order valence-corrected chi connectivity index (χ4v) is 2.47. The summed E-state index contributed by atoms with van der Waals surface area (Å²) in [5, 5.41) is 9.18. The van der Waals surface area contributed by atoms with Crippen LogP contribution in [0.5, 0.6) is 0 Å². The van der Waals surface area contributed by atoms with Crippen LogP contribution in [0, 0.1) is 12.7 Å². The van der Waals surface area contributed by atoms with Crippen LogP contribution in [-0.4, -0.2) is 5.11 Å². The van der Waals surface area contributed by atoms with Gasteiger partial charge in [-0.25, -0.2) is 4.39 Å². The first kappa shape index (κ1) is 10.3. The summed E-state index contributed by atoms with van der Waals surface area (Å²) in [4.78, 5) is 2.08. The van der Waals surface area contributed by atoms with E-state index < -0.39 is 0 Å². The zero-order valence-corrected chi connectivity index (χ0v) is 9.14. The van der Waals surface area contributed by atoms with Crippen LogP contribution in [0.2, 0.25) is 0 Å². The van der Waals surface area contributed by atoms with Gasteiger partial charge in [0.2, 0.25) is 0 Å². The van der Waals surface area contributed by atoms with Gasteiger partial charge in [-0.1, -0.05) is 12.1 Å². The normalized spacial score (nSPS) is 10.6. The number of aliphatic hydroxyl groups excluding tert-OH is 1. The molecule has 15 heavy (non-hydrogen) atoms. The Kier molecular flexibility index (Phi) is 2.84. The summed E-state index contributed by atoms with van der Waals surface area (Å²) in [5.74, 6) is -0.240. The van der Waals surface area contributed by atoms with Crippen LogP contribution >= 0.6 is 11.3 Å². The Hall–Kier alpha value is -1.19. The van der Waals surface area contributed by atoms with Crippen molar-refractivity contribution in [2.45, 2.75) is 13.5 Å². The molecule has 0 saturated heterocycles. The number of hydrogen-bond donors (Lipinski definition) is 1. The largest absolute Gasteiger partial charge is 0.391 e. The van der Waals surface area contributed by atoms with Crippen LogP contribution in [0.4, 0.5) is 4.39 Å². The van der Waals surface area contributed by atoms with Crippen molar-refractivity contribution in [3.05, 3.63) is 45.9 Å². The predicted molar refractivity (Wildman–Crippen MR) is 60.4 cm³/mol. The van der Waals surface area contributed by atoms with Crippen LogP contribution in [0.3, 0.4) is 0 Å². The second kappa shape index (κ2) is 4.13. The molecule has 1 nitrogen and oxygen atoms in total. The molecule has 0 amide bonds. The highest BCUT2D eigenvalue weighted by molar-refractivity contribution is 7.12. The van der Waals surface area contributed by atoms with Gasteiger partial charge in [-0.05, 0) is 36.2 Å². The van der Waals surface area contributed by atoms with E-state index in [0.717, 1.165) is 20.9 Å². The molecule has 0 unspecified atom stereocenters. The minimum absolute atomic E-state index is 0.0330. The van der Waals surface area contributed by atoms with Crippen molar-refractivity contribution in [1.29, 1.82) is 0 Å². The fourth-order valence-electron chi connectivity index (χ4n) is 1.55. The highest BCUT2D eigenvalue weighted by Gasteiger charge is 2.08. The highest BCUT2D eigenvalue weighted by Crippen LogP contribution is 2.31. The highest BCUT2D eigenvalue weighted by atomic mass is 32.1. The molecule has 0 aliphatic carbocycles. The minimum Gasteiger partial charge on any atom is -0.391 e. The average molecular weight is 222 g/mol. The Morgan fingerprint density at radius 3 is 2.53 bits per heavy atom. The van der Waals surface area contributed by atoms with Gasteiger partial charge in [0.1, 0.15) is 5.82 Å². The number of benzene rings is 1. The zero-order valence-electron chi connectivity index (χ0n) is 8.33. The SMILES string of the molecule is Cc1cc(-c2ccc(F)cc2)c(CO)s1. The van der Waals surface area contributed by atoms with E-state index in [9.17, 15) is 9.50 Å². The third-order valence-electron chi connectivity index (χ3n) is 2.23. The molecule has 0 atom stereocenters. The molecule has 1 aromatic heterocycles. The number of thiophene rings is 1. The monoisotopic (exact) mass is 222 g/mol. The van der Waals surface area contributed by atoms with Crippen molar-refractivity contribution < 1.29 is 9.50 Å². The molecule has 78 valence electrons. The smallest absolute Gasteiger partial charge is 0.123 e. The maximum Gasteiger partial charge on any atom is 0.123 e. The van der Waals surface area contributed by atoms with Crippen LogP contribution in [0.15, 0.2) is 30.3 Å². The number of aliphatic hydroxyl groups is 1. The molecule has 0 aliphatic rings. The zero-order chi connectivity index (χ0) is 10.8. The number of aryl methyl sites for hydroxylation is 1. The first-order valence-corrected chi connectivity index (χ1v) is 5.48. The molecule has 0 aliphatic heterocycles. The molecule has 1 aromatic carbocycles. The summed E-state index contributed by atoms with van der Waals surface area (Å²) in [6.07, 6.45) is 0. The standard InChI is InChI=1S/C12H11FOS/c1-8-6-11(12(7-14)15-8)9-2-4-10(13)5-3-9/h2-6,14H,7H2,1H3. The van der Waals surface area contributed by atoms with Crippen molar-refractivity contribution in [3.8, 4) is 11.1 Å². The van der Waals surface area contributed by atoms with Crippen molar-refractivity contribution >= 4 is 11.3 Å². The lowest BCUT2D eigenvalue weighted by molar-refractivity contribution is 0.286. The van der Waals surface area contributed by atoms with E-state index in [1.165, 1.54) is 12.1 Å². The van der Waals surface area contributed by atoms with Gasteiger partial charge >= 0.3 is 0 Å². The molecule has 0 spiro atoms.